The molecule has 0 bridgehead atoms. The van der Waals surface area contributed by atoms with Crippen molar-refractivity contribution in [3.63, 3.8) is 0 Å². The number of hydrogen-bond donors (Lipinski definition) is 0. The molecule has 1 spiro atoms. The van der Waals surface area contributed by atoms with Crippen LogP contribution < -0.4 is 4.74 Å². The fraction of sp³-hybridized carbons (Fsp3) is 0.400. The lowest BCUT2D eigenvalue weighted by Gasteiger charge is -2.47. The quantitative estimate of drug-likeness (QED) is 0.535. The maximum Gasteiger partial charge on any atom is 0.417 e. The summed E-state index contributed by atoms with van der Waals surface area (Å²) in [4.78, 5) is 19.5. The number of carbonyl (C=O) groups excluding carboxylic acids is 1. The highest BCUT2D eigenvalue weighted by Crippen LogP contribution is 2.71. The number of piperidine rings is 1. The van der Waals surface area contributed by atoms with E-state index in [-0.39, 0.29) is 29.3 Å². The number of likely N-dealkylation sites (tertiary alicyclic amines) is 1. The topological polar surface area (TPSA) is 68.5 Å². The Morgan fingerprint density at radius 1 is 1.18 bits per heavy atom. The van der Waals surface area contributed by atoms with E-state index >= 15 is 0 Å². The van der Waals surface area contributed by atoms with Crippen LogP contribution in [0.1, 0.15) is 40.2 Å². The Morgan fingerprint density at radius 2 is 1.97 bits per heavy atom. The first-order valence-electron chi connectivity index (χ1n) is 11.2. The van der Waals surface area contributed by atoms with Crippen molar-refractivity contribution in [2.45, 2.75) is 45.0 Å². The van der Waals surface area contributed by atoms with Gasteiger partial charge in [0, 0.05) is 35.3 Å². The van der Waals surface area contributed by atoms with Crippen LogP contribution in [0, 0.1) is 25.2 Å². The van der Waals surface area contributed by atoms with Crippen LogP contribution >= 0.6 is 0 Å². The molecule has 2 saturated carbocycles. The molecule has 3 fully saturated rings. The summed E-state index contributed by atoms with van der Waals surface area (Å²) in [5.74, 6) is 1.14. The van der Waals surface area contributed by atoms with Gasteiger partial charge in [0.1, 0.15) is 11.9 Å². The first-order chi connectivity index (χ1) is 16.2. The minimum absolute atomic E-state index is 0.0597. The van der Waals surface area contributed by atoms with Crippen LogP contribution in [-0.2, 0) is 6.18 Å². The molecule has 176 valence electrons. The van der Waals surface area contributed by atoms with Gasteiger partial charge in [-0.1, -0.05) is 23.4 Å². The number of ether oxygens (including phenoxy) is 1. The summed E-state index contributed by atoms with van der Waals surface area (Å²) in [5.41, 5.74) is 2.13. The van der Waals surface area contributed by atoms with Crippen LogP contribution in [0.5, 0.6) is 5.88 Å². The van der Waals surface area contributed by atoms with E-state index in [0.29, 0.717) is 23.8 Å². The lowest BCUT2D eigenvalue weighted by molar-refractivity contribution is -0.137. The number of alkyl halides is 3. The highest BCUT2D eigenvalue weighted by molar-refractivity contribution is 6.02. The van der Waals surface area contributed by atoms with Crippen LogP contribution in [0.3, 0.4) is 0 Å². The zero-order chi connectivity index (χ0) is 23.8. The van der Waals surface area contributed by atoms with Gasteiger partial charge in [0.25, 0.3) is 5.91 Å². The van der Waals surface area contributed by atoms with E-state index in [4.69, 9.17) is 9.26 Å². The van der Waals surface area contributed by atoms with Crippen LogP contribution in [-0.4, -0.2) is 39.6 Å². The minimum Gasteiger partial charge on any atom is -0.472 e. The van der Waals surface area contributed by atoms with E-state index in [1.165, 1.54) is 6.07 Å². The lowest BCUT2D eigenvalue weighted by atomic mass is 9.73. The summed E-state index contributed by atoms with van der Waals surface area (Å²) in [6.07, 6.45) is -2.14. The van der Waals surface area contributed by atoms with Crippen molar-refractivity contribution in [1.82, 2.24) is 15.0 Å². The monoisotopic (exact) mass is 469 g/mol. The molecule has 3 heterocycles. The summed E-state index contributed by atoms with van der Waals surface area (Å²) >= 11 is 0. The van der Waals surface area contributed by atoms with E-state index in [9.17, 15) is 18.0 Å². The normalized spacial score (nSPS) is 27.1. The van der Waals surface area contributed by atoms with Gasteiger partial charge in [0.2, 0.25) is 5.88 Å². The number of pyridine rings is 1. The highest BCUT2D eigenvalue weighted by Gasteiger charge is 2.76. The van der Waals surface area contributed by atoms with Crippen molar-refractivity contribution >= 4 is 5.91 Å². The van der Waals surface area contributed by atoms with Gasteiger partial charge in [-0.2, -0.15) is 13.2 Å². The Labute approximate surface area is 193 Å². The predicted molar refractivity (Wildman–Crippen MR) is 115 cm³/mol. The number of nitrogens with zero attached hydrogens (tertiary/aromatic N) is 3. The van der Waals surface area contributed by atoms with Crippen LogP contribution in [0.15, 0.2) is 47.1 Å². The van der Waals surface area contributed by atoms with E-state index in [0.717, 1.165) is 41.9 Å². The first-order valence-corrected chi connectivity index (χ1v) is 11.2. The van der Waals surface area contributed by atoms with Crippen molar-refractivity contribution in [2.24, 2.45) is 11.3 Å². The molecule has 0 radical (unpaired) electrons. The number of amides is 1. The Hall–Kier alpha value is -3.36. The third-order valence-electron chi connectivity index (χ3n) is 7.61. The molecule has 6 rings (SSSR count). The molecule has 9 heteroatoms. The van der Waals surface area contributed by atoms with Gasteiger partial charge in [0.15, 0.2) is 0 Å². The maximum absolute atomic E-state index is 13.8. The molecule has 2 aromatic heterocycles. The Bertz CT molecular complexity index is 1270. The van der Waals surface area contributed by atoms with Crippen LogP contribution in [0.2, 0.25) is 0 Å². The van der Waals surface area contributed by atoms with Gasteiger partial charge in [-0.05, 0) is 50.3 Å². The zero-order valence-corrected chi connectivity index (χ0v) is 18.6. The molecule has 4 atom stereocenters. The summed E-state index contributed by atoms with van der Waals surface area (Å²) in [6, 6.07) is 9.51. The SMILES string of the molecule is Cc1noc(C)c1-c1ccccc1C(=O)N1CC2CC23CC(Oc2ccc(C(F)(F)F)cn2)C13. The Morgan fingerprint density at radius 3 is 2.65 bits per heavy atom. The predicted octanol–water partition coefficient (Wildman–Crippen LogP) is 5.05. The second-order valence-corrected chi connectivity index (χ2v) is 9.52. The van der Waals surface area contributed by atoms with Gasteiger partial charge in [0.05, 0.1) is 17.3 Å². The third kappa shape index (κ3) is 3.05. The van der Waals surface area contributed by atoms with Crippen molar-refractivity contribution < 1.29 is 27.2 Å². The van der Waals surface area contributed by atoms with Crippen LogP contribution in [0.25, 0.3) is 11.1 Å². The van der Waals surface area contributed by atoms with E-state index in [2.05, 4.69) is 10.1 Å². The molecular weight excluding hydrogens is 447 g/mol. The number of rotatable bonds is 4. The molecular formula is C25H22F3N3O3. The molecule has 3 aliphatic rings. The second kappa shape index (κ2) is 7.07. The van der Waals surface area contributed by atoms with E-state index in [1.54, 1.807) is 0 Å². The standard InChI is InChI=1S/C25H22F3N3O3/c1-13-21(14(2)34-30-13)17-5-3-4-6-18(17)23(32)31-12-16-9-24(16)10-19(22(24)31)33-20-8-7-15(11-29-20)25(26,27)28/h3-8,11,16,19,22H,9-10,12H2,1-2H3. The summed E-state index contributed by atoms with van der Waals surface area (Å²) in [6.45, 7) is 4.32. The molecule has 4 unspecified atom stereocenters. The molecule has 6 nitrogen and oxygen atoms in total. The van der Waals surface area contributed by atoms with Gasteiger partial charge >= 0.3 is 6.18 Å². The molecule has 2 aliphatic carbocycles. The lowest BCUT2D eigenvalue weighted by Crippen LogP contribution is -2.59. The number of aromatic nitrogens is 2. The van der Waals surface area contributed by atoms with Crippen molar-refractivity contribution in [3.05, 3.63) is 65.2 Å². The fourth-order valence-electron chi connectivity index (χ4n) is 5.94. The van der Waals surface area contributed by atoms with Crippen molar-refractivity contribution in [1.29, 1.82) is 0 Å². The zero-order valence-electron chi connectivity index (χ0n) is 18.6. The first kappa shape index (κ1) is 21.2. The average Bonchev–Trinajstić information content (AvgIpc) is 3.33. The second-order valence-electron chi connectivity index (χ2n) is 9.52. The Kier molecular flexibility index (Phi) is 4.41. The van der Waals surface area contributed by atoms with E-state index in [1.807, 2.05) is 43.0 Å². The molecule has 0 N–H and O–H groups in total. The maximum atomic E-state index is 13.8. The molecule has 1 amide bonds. The molecule has 1 aromatic carbocycles. The number of halogens is 3. The van der Waals surface area contributed by atoms with Gasteiger partial charge < -0.3 is 14.2 Å². The summed E-state index contributed by atoms with van der Waals surface area (Å²) < 4.78 is 49.8. The highest BCUT2D eigenvalue weighted by atomic mass is 19.4. The minimum atomic E-state index is -4.45. The number of hydrogen-bond acceptors (Lipinski definition) is 5. The Balaban J connectivity index is 1.26. The summed E-state index contributed by atoms with van der Waals surface area (Å²) in [5, 5.41) is 4.03. The van der Waals surface area contributed by atoms with E-state index < -0.39 is 11.7 Å². The summed E-state index contributed by atoms with van der Waals surface area (Å²) in [7, 11) is 0. The van der Waals surface area contributed by atoms with Crippen molar-refractivity contribution in [3.8, 4) is 17.0 Å². The third-order valence-corrected chi connectivity index (χ3v) is 7.61. The molecule has 34 heavy (non-hydrogen) atoms. The smallest absolute Gasteiger partial charge is 0.417 e. The largest absolute Gasteiger partial charge is 0.472 e. The van der Waals surface area contributed by atoms with Gasteiger partial charge in [-0.25, -0.2) is 4.98 Å². The van der Waals surface area contributed by atoms with Gasteiger partial charge in [-0.3, -0.25) is 4.79 Å². The average molecular weight is 469 g/mol. The van der Waals surface area contributed by atoms with Crippen LogP contribution in [0.4, 0.5) is 13.2 Å². The molecule has 1 saturated heterocycles. The fourth-order valence-corrected chi connectivity index (χ4v) is 5.94. The number of carbonyl (C=O) groups is 1. The molecule has 3 aromatic rings. The number of aryl methyl sites for hydroxylation is 2. The molecule has 1 aliphatic heterocycles. The number of benzene rings is 1. The van der Waals surface area contributed by atoms with Gasteiger partial charge in [-0.15, -0.1) is 0 Å². The van der Waals surface area contributed by atoms with Crippen molar-refractivity contribution in [2.75, 3.05) is 6.54 Å².